The third-order valence-electron chi connectivity index (χ3n) is 1.73. The summed E-state index contributed by atoms with van der Waals surface area (Å²) in [5, 5.41) is 19.1. The Bertz CT molecular complexity index is 517. The molecule has 0 aliphatic rings. The molecule has 1 heterocycles. The number of nitrogens with zero attached hydrogens (tertiary/aromatic N) is 3. The molecule has 2 N–H and O–H groups in total. The van der Waals surface area contributed by atoms with Crippen LogP contribution in [0.5, 0.6) is 5.75 Å². The van der Waals surface area contributed by atoms with Gasteiger partial charge in [-0.25, -0.2) is 0 Å². The number of carbonyl (C=O) groups is 1. The summed E-state index contributed by atoms with van der Waals surface area (Å²) < 4.78 is 4.04. The molecular weight excluding hydrogens is 296 g/mol. The number of hydrogen-bond acceptors (Lipinski definition) is 6. The minimum Gasteiger partial charge on any atom is -0.507 e. The van der Waals surface area contributed by atoms with Crippen LogP contribution in [-0.2, 0) is 0 Å². The Hall–Kier alpha value is -1.54. The monoisotopic (exact) mass is 300 g/mol. The predicted octanol–water partition coefficient (Wildman–Crippen LogP) is 1.65. The lowest BCUT2D eigenvalue weighted by atomic mass is 10.2. The minimum absolute atomic E-state index is 0.00281. The van der Waals surface area contributed by atoms with Crippen molar-refractivity contribution in [3.63, 3.8) is 0 Å². The van der Waals surface area contributed by atoms with Crippen molar-refractivity contribution in [3.05, 3.63) is 28.2 Å². The third-order valence-corrected chi connectivity index (χ3v) is 2.91. The fourth-order valence-electron chi connectivity index (χ4n) is 1.01. The van der Waals surface area contributed by atoms with Crippen LogP contribution >= 0.6 is 27.5 Å². The second-order valence-corrected chi connectivity index (χ2v) is 4.37. The third kappa shape index (κ3) is 2.34. The molecule has 16 heavy (non-hydrogen) atoms. The van der Waals surface area contributed by atoms with E-state index in [0.717, 1.165) is 11.5 Å². The number of amides is 1. The smallest absolute Gasteiger partial charge is 0.257 e. The van der Waals surface area contributed by atoms with E-state index in [2.05, 4.69) is 36.0 Å². The Morgan fingerprint density at radius 3 is 2.94 bits per heavy atom. The molecule has 0 fully saturated rings. The van der Waals surface area contributed by atoms with Crippen LogP contribution in [0.1, 0.15) is 10.4 Å². The van der Waals surface area contributed by atoms with Crippen molar-refractivity contribution >= 4 is 38.5 Å². The average molecular weight is 301 g/mol. The van der Waals surface area contributed by atoms with Gasteiger partial charge >= 0.3 is 0 Å². The molecule has 0 aliphatic carbocycles. The number of carbonyl (C=O) groups excluding carboxylic acids is 1. The van der Waals surface area contributed by atoms with Crippen LogP contribution in [0, 0.1) is 0 Å². The van der Waals surface area contributed by atoms with Crippen LogP contribution in [-0.4, -0.2) is 25.8 Å². The molecule has 6 nitrogen and oxygen atoms in total. The number of benzene rings is 1. The van der Waals surface area contributed by atoms with E-state index in [-0.39, 0.29) is 11.7 Å². The molecular formula is C8H5BrN4O2S. The minimum atomic E-state index is -0.374. The van der Waals surface area contributed by atoms with Gasteiger partial charge in [0.2, 0.25) is 5.13 Å². The molecule has 0 saturated carbocycles. The molecule has 0 saturated heterocycles. The zero-order chi connectivity index (χ0) is 11.5. The van der Waals surface area contributed by atoms with Crippen molar-refractivity contribution in [2.24, 2.45) is 0 Å². The zero-order valence-electron chi connectivity index (χ0n) is 7.72. The molecule has 0 radical (unpaired) electrons. The van der Waals surface area contributed by atoms with Gasteiger partial charge in [0.1, 0.15) is 5.75 Å². The Labute approximate surface area is 103 Å². The van der Waals surface area contributed by atoms with Crippen LogP contribution in [0.4, 0.5) is 5.13 Å². The fourth-order valence-corrected chi connectivity index (χ4v) is 1.61. The zero-order valence-corrected chi connectivity index (χ0v) is 10.1. The summed E-state index contributed by atoms with van der Waals surface area (Å²) in [6, 6.07) is 4.52. The van der Waals surface area contributed by atoms with Crippen LogP contribution in [0.25, 0.3) is 0 Å². The number of nitrogens with one attached hydrogen (secondary N) is 1. The second kappa shape index (κ2) is 4.54. The van der Waals surface area contributed by atoms with Crippen molar-refractivity contribution < 1.29 is 9.90 Å². The summed E-state index contributed by atoms with van der Waals surface area (Å²) >= 11 is 4.10. The molecule has 8 heteroatoms. The van der Waals surface area contributed by atoms with Gasteiger partial charge in [-0.15, -0.1) is 0 Å². The maximum absolute atomic E-state index is 11.6. The number of anilines is 1. The van der Waals surface area contributed by atoms with E-state index in [9.17, 15) is 9.90 Å². The SMILES string of the molecule is O=C(Nc1nnns1)c1ccc(Br)c(O)c1. The first-order valence-corrected chi connectivity index (χ1v) is 5.68. The van der Waals surface area contributed by atoms with E-state index in [0.29, 0.717) is 15.2 Å². The highest BCUT2D eigenvalue weighted by atomic mass is 79.9. The van der Waals surface area contributed by atoms with Crippen molar-refractivity contribution in [2.75, 3.05) is 5.32 Å². The predicted molar refractivity (Wildman–Crippen MR) is 61.5 cm³/mol. The van der Waals surface area contributed by atoms with Crippen LogP contribution in [0.15, 0.2) is 22.7 Å². The lowest BCUT2D eigenvalue weighted by molar-refractivity contribution is 0.102. The van der Waals surface area contributed by atoms with Crippen molar-refractivity contribution in [1.29, 1.82) is 0 Å². The van der Waals surface area contributed by atoms with Crippen LogP contribution < -0.4 is 5.32 Å². The standard InChI is InChI=1S/C8H5BrN4O2S/c9-5-2-1-4(3-6(5)14)7(15)10-8-11-12-13-16-8/h1-3,14H,(H,10,11,13,15). The maximum Gasteiger partial charge on any atom is 0.257 e. The summed E-state index contributed by atoms with van der Waals surface area (Å²) in [5.41, 5.74) is 0.330. The molecule has 0 atom stereocenters. The number of hydrogen-bond donors (Lipinski definition) is 2. The van der Waals surface area contributed by atoms with Crippen molar-refractivity contribution in [1.82, 2.24) is 14.8 Å². The lowest BCUT2D eigenvalue weighted by Gasteiger charge is -2.02. The Kier molecular flexibility index (Phi) is 3.11. The number of phenolic OH excluding ortho intramolecular Hbond substituents is 1. The molecule has 1 amide bonds. The van der Waals surface area contributed by atoms with Gasteiger partial charge in [-0.2, -0.15) is 0 Å². The van der Waals surface area contributed by atoms with E-state index >= 15 is 0 Å². The first kappa shape index (κ1) is 11.0. The molecule has 2 aromatic rings. The van der Waals surface area contributed by atoms with Crippen molar-refractivity contribution in [3.8, 4) is 5.75 Å². The Morgan fingerprint density at radius 2 is 2.31 bits per heavy atom. The Morgan fingerprint density at radius 1 is 1.50 bits per heavy atom. The largest absolute Gasteiger partial charge is 0.507 e. The summed E-state index contributed by atoms with van der Waals surface area (Å²) in [4.78, 5) is 11.6. The molecule has 1 aromatic heterocycles. The van der Waals surface area contributed by atoms with E-state index in [1.165, 1.54) is 6.07 Å². The van der Waals surface area contributed by atoms with E-state index < -0.39 is 0 Å². The van der Waals surface area contributed by atoms with E-state index in [1.807, 2.05) is 0 Å². The molecule has 0 spiro atoms. The van der Waals surface area contributed by atoms with Gasteiger partial charge in [0, 0.05) is 17.1 Å². The van der Waals surface area contributed by atoms with Gasteiger partial charge < -0.3 is 5.11 Å². The van der Waals surface area contributed by atoms with Crippen molar-refractivity contribution in [2.45, 2.75) is 0 Å². The second-order valence-electron chi connectivity index (χ2n) is 2.79. The number of aromatic nitrogens is 3. The molecule has 0 unspecified atom stereocenters. The maximum atomic E-state index is 11.6. The molecule has 2 rings (SSSR count). The highest BCUT2D eigenvalue weighted by Gasteiger charge is 2.10. The van der Waals surface area contributed by atoms with Gasteiger partial charge in [-0.1, -0.05) is 9.59 Å². The Balaban J connectivity index is 2.18. The molecule has 1 aromatic carbocycles. The molecule has 82 valence electrons. The quantitative estimate of drug-likeness (QED) is 0.880. The molecule has 0 bridgehead atoms. The summed E-state index contributed by atoms with van der Waals surface area (Å²) in [6.45, 7) is 0. The topological polar surface area (TPSA) is 88.0 Å². The first-order valence-electron chi connectivity index (χ1n) is 4.12. The number of halogens is 1. The number of rotatable bonds is 2. The number of phenols is 1. The van der Waals surface area contributed by atoms with Gasteiger partial charge in [-0.3, -0.25) is 10.1 Å². The summed E-state index contributed by atoms with van der Waals surface area (Å²) in [5.74, 6) is -0.371. The van der Waals surface area contributed by atoms with Crippen LogP contribution in [0.2, 0.25) is 0 Å². The first-order chi connectivity index (χ1) is 7.66. The van der Waals surface area contributed by atoms with Gasteiger partial charge in [0.25, 0.3) is 5.91 Å². The van der Waals surface area contributed by atoms with Gasteiger partial charge in [-0.05, 0) is 39.3 Å². The van der Waals surface area contributed by atoms with Gasteiger partial charge in [0.05, 0.1) is 4.47 Å². The highest BCUT2D eigenvalue weighted by Crippen LogP contribution is 2.24. The number of aromatic hydroxyl groups is 1. The lowest BCUT2D eigenvalue weighted by Crippen LogP contribution is -2.11. The average Bonchev–Trinajstić information content (AvgIpc) is 2.74. The highest BCUT2D eigenvalue weighted by molar-refractivity contribution is 9.10. The molecule has 0 aliphatic heterocycles. The summed E-state index contributed by atoms with van der Waals surface area (Å²) in [7, 11) is 0. The fraction of sp³-hybridized carbons (Fsp3) is 0. The van der Waals surface area contributed by atoms with E-state index in [4.69, 9.17) is 0 Å². The van der Waals surface area contributed by atoms with E-state index in [1.54, 1.807) is 12.1 Å². The van der Waals surface area contributed by atoms with Crippen LogP contribution in [0.3, 0.4) is 0 Å². The summed E-state index contributed by atoms with van der Waals surface area (Å²) in [6.07, 6.45) is 0. The van der Waals surface area contributed by atoms with Gasteiger partial charge in [0.15, 0.2) is 0 Å². The normalized spacial score (nSPS) is 10.1.